The van der Waals surface area contributed by atoms with Gasteiger partial charge in [-0.1, -0.05) is 0 Å². The van der Waals surface area contributed by atoms with Crippen LogP contribution in [-0.4, -0.2) is 59.4 Å². The van der Waals surface area contributed by atoms with Crippen LogP contribution in [0.1, 0.15) is 0 Å². The highest BCUT2D eigenvalue weighted by atomic mass is 32.2. The van der Waals surface area contributed by atoms with E-state index in [4.69, 9.17) is 19.4 Å². The van der Waals surface area contributed by atoms with Gasteiger partial charge in [-0.3, -0.25) is 0 Å². The molecule has 2 aromatic carbocycles. The summed E-state index contributed by atoms with van der Waals surface area (Å²) in [7, 11) is 0. The Kier molecular flexibility index (Phi) is 9.57. The van der Waals surface area contributed by atoms with E-state index in [1.165, 1.54) is 9.79 Å². The van der Waals surface area contributed by atoms with Crippen molar-refractivity contribution >= 4 is 70.8 Å². The van der Waals surface area contributed by atoms with Crippen LogP contribution in [0.4, 0.5) is 0 Å². The molecule has 0 aliphatic rings. The third-order valence-electron chi connectivity index (χ3n) is 3.84. The molecule has 0 aliphatic heterocycles. The molecular weight excluding hydrogens is 429 g/mol. The molecular formula is C20H24N2O2S4. The minimum absolute atomic E-state index is 0.696. The van der Waals surface area contributed by atoms with Crippen LogP contribution >= 0.6 is 48.8 Å². The first-order chi connectivity index (χ1) is 13.8. The Balaban J connectivity index is 1.65. The number of fused-ring (bicyclic) bond motifs is 2. The first kappa shape index (κ1) is 22.1. The van der Waals surface area contributed by atoms with Crippen LogP contribution in [0.5, 0.6) is 0 Å². The van der Waals surface area contributed by atoms with Gasteiger partial charge in [-0.05, 0) is 36.4 Å². The maximum absolute atomic E-state index is 5.47. The highest BCUT2D eigenvalue weighted by Gasteiger charge is 2.05. The molecule has 28 heavy (non-hydrogen) atoms. The van der Waals surface area contributed by atoms with E-state index in [0.29, 0.717) is 13.2 Å². The van der Waals surface area contributed by atoms with E-state index in [2.05, 4.69) is 49.5 Å². The summed E-state index contributed by atoms with van der Waals surface area (Å²) in [6.45, 7) is 2.85. The summed E-state index contributed by atoms with van der Waals surface area (Å²) in [5, 5.41) is 0. The van der Waals surface area contributed by atoms with E-state index in [0.717, 1.165) is 58.3 Å². The molecule has 3 rings (SSSR count). The van der Waals surface area contributed by atoms with E-state index < -0.39 is 0 Å². The van der Waals surface area contributed by atoms with Gasteiger partial charge in [0.25, 0.3) is 0 Å². The second kappa shape index (κ2) is 12.1. The largest absolute Gasteiger partial charge is 0.380 e. The zero-order valence-electron chi connectivity index (χ0n) is 15.5. The van der Waals surface area contributed by atoms with Crippen molar-refractivity contribution in [1.82, 2.24) is 9.97 Å². The zero-order chi connectivity index (χ0) is 19.6. The predicted molar refractivity (Wildman–Crippen MR) is 128 cm³/mol. The van der Waals surface area contributed by atoms with Crippen molar-refractivity contribution in [2.24, 2.45) is 0 Å². The van der Waals surface area contributed by atoms with Crippen molar-refractivity contribution in [1.29, 1.82) is 0 Å². The Bertz CT molecular complexity index is 821. The van der Waals surface area contributed by atoms with Crippen LogP contribution in [-0.2, 0) is 9.47 Å². The first-order valence-corrected chi connectivity index (χ1v) is 12.4. The lowest BCUT2D eigenvalue weighted by molar-refractivity contribution is 0.167. The molecule has 0 saturated carbocycles. The number of hydrogen-bond donors (Lipinski definition) is 2. The van der Waals surface area contributed by atoms with E-state index in [-0.39, 0.29) is 0 Å². The minimum Gasteiger partial charge on any atom is -0.380 e. The predicted octanol–water partition coefficient (Wildman–Crippen LogP) is 4.86. The third-order valence-corrected chi connectivity index (χ3v) is 6.12. The monoisotopic (exact) mass is 452 g/mol. The average Bonchev–Trinajstić information content (AvgIpc) is 2.72. The summed E-state index contributed by atoms with van der Waals surface area (Å²) in [5.41, 5.74) is 3.69. The zero-order valence-corrected chi connectivity index (χ0v) is 19.0. The third kappa shape index (κ3) is 6.71. The lowest BCUT2D eigenvalue weighted by Gasteiger charge is -2.07. The summed E-state index contributed by atoms with van der Waals surface area (Å²) in [4.78, 5) is 12.0. The first-order valence-electron chi connectivity index (χ1n) is 9.14. The van der Waals surface area contributed by atoms with Crippen molar-refractivity contribution in [3.63, 3.8) is 0 Å². The molecule has 0 unspecified atom stereocenters. The Hall–Kier alpha value is -0.640. The number of thioether (sulfide) groups is 2. The summed E-state index contributed by atoms with van der Waals surface area (Å²) >= 11 is 11.8. The molecule has 0 amide bonds. The van der Waals surface area contributed by atoms with Crippen LogP contribution in [0, 0.1) is 0 Å². The lowest BCUT2D eigenvalue weighted by Crippen LogP contribution is -2.00. The second-order valence-corrected chi connectivity index (χ2v) is 9.12. The molecule has 150 valence electrons. The van der Waals surface area contributed by atoms with Gasteiger partial charge in [-0.15, -0.1) is 23.5 Å². The smallest absolute Gasteiger partial charge is 0.0905 e. The molecule has 0 bridgehead atoms. The van der Waals surface area contributed by atoms with Gasteiger partial charge in [0.2, 0.25) is 0 Å². The van der Waals surface area contributed by atoms with Gasteiger partial charge in [0.15, 0.2) is 0 Å². The maximum atomic E-state index is 5.47. The number of ether oxygens (including phenoxy) is 2. The highest BCUT2D eigenvalue weighted by molar-refractivity contribution is 7.99. The Morgan fingerprint density at radius 1 is 0.643 bits per heavy atom. The Labute approximate surface area is 185 Å². The van der Waals surface area contributed by atoms with Gasteiger partial charge in [-0.25, -0.2) is 9.97 Å². The fraction of sp³-hybridized carbons (Fsp3) is 0.400. The molecule has 0 spiro atoms. The van der Waals surface area contributed by atoms with Gasteiger partial charge in [-0.2, -0.15) is 25.3 Å². The van der Waals surface area contributed by atoms with Crippen LogP contribution in [0.2, 0.25) is 0 Å². The maximum Gasteiger partial charge on any atom is 0.0905 e. The average molecular weight is 453 g/mol. The van der Waals surface area contributed by atoms with Crippen molar-refractivity contribution in [3.05, 3.63) is 36.4 Å². The molecule has 1 heterocycles. The summed E-state index contributed by atoms with van der Waals surface area (Å²) in [6.07, 6.45) is 0. The second-order valence-electron chi connectivity index (χ2n) is 5.89. The molecule has 0 fully saturated rings. The SMILES string of the molecule is SCCOCCSc1ccc2nc3cc(SCCOCCS)ccc3nc2c1. The molecule has 8 heteroatoms. The fourth-order valence-electron chi connectivity index (χ4n) is 2.58. The molecule has 0 aliphatic carbocycles. The molecule has 1 aromatic heterocycles. The summed E-state index contributed by atoms with van der Waals surface area (Å²) in [5.74, 6) is 3.35. The standard InChI is InChI=1S/C20H24N2O2S4/c25-9-5-23-7-11-27-15-1-3-17-19(13-15)22-18-4-2-16(14-20(18)21-17)28-12-8-24-6-10-26/h1-4,13-14,25-26H,5-12H2. The van der Waals surface area contributed by atoms with Crippen LogP contribution in [0.15, 0.2) is 46.2 Å². The molecule has 0 radical (unpaired) electrons. The van der Waals surface area contributed by atoms with Crippen molar-refractivity contribution in [2.75, 3.05) is 49.4 Å². The molecule has 0 saturated heterocycles. The van der Waals surface area contributed by atoms with E-state index in [1.54, 1.807) is 23.5 Å². The summed E-state index contributed by atoms with van der Waals surface area (Å²) in [6, 6.07) is 12.5. The Morgan fingerprint density at radius 2 is 1.11 bits per heavy atom. The number of thiol groups is 2. The number of rotatable bonds is 12. The number of benzene rings is 2. The fourth-order valence-corrected chi connectivity index (χ4v) is 4.43. The topological polar surface area (TPSA) is 44.2 Å². The van der Waals surface area contributed by atoms with E-state index in [1.807, 2.05) is 12.1 Å². The Morgan fingerprint density at radius 3 is 1.54 bits per heavy atom. The quantitative estimate of drug-likeness (QED) is 0.177. The molecule has 0 N–H and O–H groups in total. The number of aromatic nitrogens is 2. The van der Waals surface area contributed by atoms with Crippen molar-refractivity contribution in [3.8, 4) is 0 Å². The van der Waals surface area contributed by atoms with E-state index in [9.17, 15) is 0 Å². The highest BCUT2D eigenvalue weighted by Crippen LogP contribution is 2.26. The van der Waals surface area contributed by atoms with Gasteiger partial charge < -0.3 is 9.47 Å². The van der Waals surface area contributed by atoms with Crippen LogP contribution in [0.3, 0.4) is 0 Å². The number of nitrogens with zero attached hydrogens (tertiary/aromatic N) is 2. The van der Waals surface area contributed by atoms with Gasteiger partial charge in [0, 0.05) is 32.8 Å². The van der Waals surface area contributed by atoms with Gasteiger partial charge in [0.1, 0.15) is 0 Å². The van der Waals surface area contributed by atoms with Crippen molar-refractivity contribution in [2.45, 2.75) is 9.79 Å². The molecule has 0 atom stereocenters. The van der Waals surface area contributed by atoms with Gasteiger partial charge in [0.05, 0.1) is 48.5 Å². The molecule has 3 aromatic rings. The molecule has 4 nitrogen and oxygen atoms in total. The van der Waals surface area contributed by atoms with Crippen molar-refractivity contribution < 1.29 is 9.47 Å². The lowest BCUT2D eigenvalue weighted by atomic mass is 10.2. The summed E-state index contributed by atoms with van der Waals surface area (Å²) < 4.78 is 10.9. The minimum atomic E-state index is 0.696. The van der Waals surface area contributed by atoms with Crippen LogP contribution in [0.25, 0.3) is 22.1 Å². The normalized spacial score (nSPS) is 11.5. The van der Waals surface area contributed by atoms with E-state index >= 15 is 0 Å². The van der Waals surface area contributed by atoms with Gasteiger partial charge >= 0.3 is 0 Å². The number of hydrogen-bond acceptors (Lipinski definition) is 8. The van der Waals surface area contributed by atoms with Crippen LogP contribution < -0.4 is 0 Å².